The highest BCUT2D eigenvalue weighted by Gasteiger charge is 2.18. The highest BCUT2D eigenvalue weighted by molar-refractivity contribution is 5.61. The molecular weight excluding hydrogens is 224 g/mol. The lowest BCUT2D eigenvalue weighted by molar-refractivity contribution is 0.407. The van der Waals surface area contributed by atoms with Crippen LogP contribution in [0.25, 0.3) is 0 Å². The number of methoxy groups -OCH3 is 1. The molecule has 1 aromatic rings. The quantitative estimate of drug-likeness (QED) is 0.786. The summed E-state index contributed by atoms with van der Waals surface area (Å²) in [5.41, 5.74) is 8.27. The maximum Gasteiger partial charge on any atom is 0.125 e. The van der Waals surface area contributed by atoms with Gasteiger partial charge in [0.2, 0.25) is 0 Å². The first-order chi connectivity index (χ1) is 8.52. The molecule has 0 radical (unpaired) electrons. The Balaban J connectivity index is 3.32. The summed E-state index contributed by atoms with van der Waals surface area (Å²) in [5.74, 6) is 0.845. The molecule has 0 heterocycles. The summed E-state index contributed by atoms with van der Waals surface area (Å²) in [4.78, 5) is 2.27. The zero-order valence-electron chi connectivity index (χ0n) is 11.8. The molecule has 0 amide bonds. The van der Waals surface area contributed by atoms with Gasteiger partial charge in [-0.1, -0.05) is 12.1 Å². The molecule has 0 unspecified atom stereocenters. The number of nitrogens with zero attached hydrogens (tertiary/aromatic N) is 1. The van der Waals surface area contributed by atoms with Crippen molar-refractivity contribution in [2.75, 3.05) is 18.6 Å². The molecule has 0 spiro atoms. The lowest BCUT2D eigenvalue weighted by Crippen LogP contribution is -2.32. The molecule has 1 aromatic carbocycles. The first kappa shape index (κ1) is 14.6. The van der Waals surface area contributed by atoms with Gasteiger partial charge in [0, 0.05) is 29.9 Å². The summed E-state index contributed by atoms with van der Waals surface area (Å²) >= 11 is 0. The summed E-state index contributed by atoms with van der Waals surface area (Å²) in [6.45, 7) is 10.9. The number of hydrogen-bond acceptors (Lipinski definition) is 3. The van der Waals surface area contributed by atoms with Gasteiger partial charge in [0.1, 0.15) is 5.75 Å². The van der Waals surface area contributed by atoms with E-state index in [1.165, 1.54) is 0 Å². The van der Waals surface area contributed by atoms with Crippen LogP contribution in [0.1, 0.15) is 32.4 Å². The van der Waals surface area contributed by atoms with Crippen LogP contribution in [-0.4, -0.2) is 19.7 Å². The molecule has 0 aliphatic rings. The molecule has 2 N–H and O–H groups in total. The third-order valence-corrected chi connectivity index (χ3v) is 2.98. The van der Waals surface area contributed by atoms with E-state index in [1.54, 1.807) is 7.11 Å². The Hall–Kier alpha value is -1.48. The van der Waals surface area contributed by atoms with Gasteiger partial charge >= 0.3 is 0 Å². The fourth-order valence-electron chi connectivity index (χ4n) is 2.14. The summed E-state index contributed by atoms with van der Waals surface area (Å²) in [6.07, 6.45) is 1.91. The molecule has 0 aromatic heterocycles. The highest BCUT2D eigenvalue weighted by atomic mass is 16.5. The third kappa shape index (κ3) is 3.05. The summed E-state index contributed by atoms with van der Waals surface area (Å²) in [7, 11) is 1.68. The van der Waals surface area contributed by atoms with Crippen molar-refractivity contribution >= 4 is 5.69 Å². The molecule has 0 aliphatic carbocycles. The zero-order chi connectivity index (χ0) is 13.7. The van der Waals surface area contributed by atoms with E-state index in [1.807, 2.05) is 25.1 Å². The number of benzene rings is 1. The average Bonchev–Trinajstić information content (AvgIpc) is 2.34. The first-order valence-electron chi connectivity index (χ1n) is 6.32. The standard InChI is InChI=1S/C15H24N2O/c1-6-10-17(11(2)3)13-8-7-9-14(18-5)15(13)12(4)16/h6-9,11-12H,1,10,16H2,2-5H3/t12-/m0/s1. The topological polar surface area (TPSA) is 38.5 Å². The van der Waals surface area contributed by atoms with Gasteiger partial charge in [-0.05, 0) is 32.9 Å². The van der Waals surface area contributed by atoms with Crippen molar-refractivity contribution in [3.8, 4) is 5.75 Å². The second-order valence-electron chi connectivity index (χ2n) is 4.72. The first-order valence-corrected chi connectivity index (χ1v) is 6.32. The molecule has 0 aliphatic heterocycles. The van der Waals surface area contributed by atoms with Crippen molar-refractivity contribution in [2.24, 2.45) is 5.73 Å². The zero-order valence-corrected chi connectivity index (χ0v) is 11.8. The lowest BCUT2D eigenvalue weighted by Gasteiger charge is -2.31. The van der Waals surface area contributed by atoms with Gasteiger partial charge in [0.05, 0.1) is 7.11 Å². The fourth-order valence-corrected chi connectivity index (χ4v) is 2.14. The fraction of sp³-hybridized carbons (Fsp3) is 0.467. The normalized spacial score (nSPS) is 12.3. The van der Waals surface area contributed by atoms with Crippen LogP contribution in [0, 0.1) is 0 Å². The number of anilines is 1. The van der Waals surface area contributed by atoms with Crippen molar-refractivity contribution in [2.45, 2.75) is 32.9 Å². The Morgan fingerprint density at radius 1 is 1.39 bits per heavy atom. The summed E-state index contributed by atoms with van der Waals surface area (Å²) in [6, 6.07) is 6.35. The molecule has 0 bridgehead atoms. The van der Waals surface area contributed by atoms with Gasteiger partial charge in [0.25, 0.3) is 0 Å². The van der Waals surface area contributed by atoms with Crippen LogP contribution < -0.4 is 15.4 Å². The van der Waals surface area contributed by atoms with Crippen LogP contribution in [0.5, 0.6) is 5.75 Å². The van der Waals surface area contributed by atoms with Crippen LogP contribution in [-0.2, 0) is 0 Å². The Morgan fingerprint density at radius 3 is 2.50 bits per heavy atom. The minimum Gasteiger partial charge on any atom is -0.496 e. The number of ether oxygens (including phenoxy) is 1. The second-order valence-corrected chi connectivity index (χ2v) is 4.72. The van der Waals surface area contributed by atoms with Crippen molar-refractivity contribution < 1.29 is 4.74 Å². The second kappa shape index (κ2) is 6.45. The lowest BCUT2D eigenvalue weighted by atomic mass is 10.0. The van der Waals surface area contributed by atoms with E-state index < -0.39 is 0 Å². The van der Waals surface area contributed by atoms with E-state index in [2.05, 4.69) is 31.4 Å². The molecular formula is C15H24N2O. The van der Waals surface area contributed by atoms with Crippen molar-refractivity contribution in [1.82, 2.24) is 0 Å². The van der Waals surface area contributed by atoms with E-state index in [9.17, 15) is 0 Å². The SMILES string of the molecule is C=CCN(c1cccc(OC)c1[C@H](C)N)C(C)C. The van der Waals surface area contributed by atoms with Gasteiger partial charge in [-0.25, -0.2) is 0 Å². The molecule has 1 rings (SSSR count). The van der Waals surface area contributed by atoms with E-state index in [0.29, 0.717) is 6.04 Å². The molecule has 3 heteroatoms. The van der Waals surface area contributed by atoms with Crippen molar-refractivity contribution in [3.63, 3.8) is 0 Å². The van der Waals surface area contributed by atoms with Gasteiger partial charge in [-0.15, -0.1) is 6.58 Å². The van der Waals surface area contributed by atoms with Crippen LogP contribution >= 0.6 is 0 Å². The van der Waals surface area contributed by atoms with Crippen LogP contribution in [0.3, 0.4) is 0 Å². The van der Waals surface area contributed by atoms with E-state index in [-0.39, 0.29) is 6.04 Å². The summed E-state index contributed by atoms with van der Waals surface area (Å²) in [5, 5.41) is 0. The maximum absolute atomic E-state index is 6.09. The predicted octanol–water partition coefficient (Wildman–Crippen LogP) is 3.12. The Morgan fingerprint density at radius 2 is 2.06 bits per heavy atom. The van der Waals surface area contributed by atoms with E-state index in [4.69, 9.17) is 10.5 Å². The van der Waals surface area contributed by atoms with Gasteiger partial charge in [0.15, 0.2) is 0 Å². The smallest absolute Gasteiger partial charge is 0.125 e. The minimum atomic E-state index is -0.0674. The van der Waals surface area contributed by atoms with Crippen molar-refractivity contribution in [3.05, 3.63) is 36.4 Å². The molecule has 18 heavy (non-hydrogen) atoms. The van der Waals surface area contributed by atoms with Crippen LogP contribution in [0.4, 0.5) is 5.69 Å². The number of hydrogen-bond donors (Lipinski definition) is 1. The molecule has 3 nitrogen and oxygen atoms in total. The van der Waals surface area contributed by atoms with Crippen LogP contribution in [0.2, 0.25) is 0 Å². The Bertz CT molecular complexity index is 399. The maximum atomic E-state index is 6.09. The van der Waals surface area contributed by atoms with E-state index >= 15 is 0 Å². The predicted molar refractivity (Wildman–Crippen MR) is 78.3 cm³/mol. The molecule has 1 atom stereocenters. The molecule has 100 valence electrons. The monoisotopic (exact) mass is 248 g/mol. The van der Waals surface area contributed by atoms with E-state index in [0.717, 1.165) is 23.5 Å². The molecule has 0 saturated carbocycles. The third-order valence-electron chi connectivity index (χ3n) is 2.98. The number of rotatable bonds is 6. The average molecular weight is 248 g/mol. The summed E-state index contributed by atoms with van der Waals surface area (Å²) < 4.78 is 5.42. The van der Waals surface area contributed by atoms with Crippen LogP contribution in [0.15, 0.2) is 30.9 Å². The highest BCUT2D eigenvalue weighted by Crippen LogP contribution is 2.34. The largest absolute Gasteiger partial charge is 0.496 e. The van der Waals surface area contributed by atoms with Crippen molar-refractivity contribution in [1.29, 1.82) is 0 Å². The Labute approximate surface area is 110 Å². The molecule has 0 saturated heterocycles. The molecule has 0 fully saturated rings. The number of nitrogens with two attached hydrogens (primary N) is 1. The van der Waals surface area contributed by atoms with Gasteiger partial charge in [-0.2, -0.15) is 0 Å². The Kier molecular flexibility index (Phi) is 5.23. The van der Waals surface area contributed by atoms with Gasteiger partial charge in [-0.3, -0.25) is 0 Å². The minimum absolute atomic E-state index is 0.0674. The van der Waals surface area contributed by atoms with Gasteiger partial charge < -0.3 is 15.4 Å².